The number of rotatable bonds is 6. The van der Waals surface area contributed by atoms with E-state index in [1.165, 1.54) is 0 Å². The van der Waals surface area contributed by atoms with Crippen molar-refractivity contribution in [3.8, 4) is 0 Å². The average Bonchev–Trinajstić information content (AvgIpc) is 2.85. The van der Waals surface area contributed by atoms with Gasteiger partial charge in [-0.1, -0.05) is 29.8 Å². The molecular weight excluding hydrogens is 332 g/mol. The molecule has 21 heavy (non-hydrogen) atoms. The molecule has 1 unspecified atom stereocenters. The molecule has 4 nitrogen and oxygen atoms in total. The summed E-state index contributed by atoms with van der Waals surface area (Å²) in [6.45, 7) is 7.12. The first-order valence-corrected chi connectivity index (χ1v) is 7.94. The minimum Gasteiger partial charge on any atom is -0.459 e. The Morgan fingerprint density at radius 1 is 1.29 bits per heavy atom. The third kappa shape index (κ3) is 4.58. The maximum Gasteiger partial charge on any atom is 0.233 e. The fourth-order valence-corrected chi connectivity index (χ4v) is 2.35. The maximum absolute atomic E-state index is 11.7. The second-order valence-electron chi connectivity index (χ2n) is 5.63. The van der Waals surface area contributed by atoms with Crippen LogP contribution in [0.2, 0.25) is 0 Å². The molecule has 1 aromatic heterocycles. The van der Waals surface area contributed by atoms with Crippen molar-refractivity contribution in [3.63, 3.8) is 0 Å². The highest BCUT2D eigenvalue weighted by Gasteiger charge is 2.13. The van der Waals surface area contributed by atoms with Gasteiger partial charge in [-0.25, -0.2) is 0 Å². The van der Waals surface area contributed by atoms with Crippen LogP contribution in [0, 0.1) is 5.92 Å². The highest BCUT2D eigenvalue weighted by Crippen LogP contribution is 2.26. The number of nitrogens with one attached hydrogen (secondary N) is 2. The summed E-state index contributed by atoms with van der Waals surface area (Å²) in [7, 11) is 0. The Morgan fingerprint density at radius 2 is 2.05 bits per heavy atom. The number of amides is 1. The molecule has 0 saturated heterocycles. The number of carbonyl (C=O) groups is 1. The number of hydrogen-bond acceptors (Lipinski definition) is 3. The van der Waals surface area contributed by atoms with E-state index < -0.39 is 0 Å². The molecule has 0 saturated carbocycles. The molecule has 2 aromatic rings. The minimum absolute atomic E-state index is 0.00871. The van der Waals surface area contributed by atoms with Gasteiger partial charge < -0.3 is 9.73 Å². The first-order valence-electron chi connectivity index (χ1n) is 7.15. The predicted molar refractivity (Wildman–Crippen MR) is 88.2 cm³/mol. The van der Waals surface area contributed by atoms with E-state index in [0.29, 0.717) is 12.5 Å². The summed E-state index contributed by atoms with van der Waals surface area (Å²) in [4.78, 5) is 11.7. The lowest BCUT2D eigenvalue weighted by atomic mass is 10.2. The second kappa shape index (κ2) is 7.09. The van der Waals surface area contributed by atoms with Gasteiger partial charge in [-0.15, -0.1) is 0 Å². The van der Waals surface area contributed by atoms with Gasteiger partial charge in [0, 0.05) is 16.4 Å². The lowest BCUT2D eigenvalue weighted by Gasteiger charge is -2.12. The van der Waals surface area contributed by atoms with Crippen molar-refractivity contribution in [1.82, 2.24) is 10.6 Å². The molecule has 1 heterocycles. The number of halogens is 1. The molecule has 0 aliphatic heterocycles. The summed E-state index contributed by atoms with van der Waals surface area (Å²) in [5.74, 6) is 1.30. The van der Waals surface area contributed by atoms with Gasteiger partial charge in [0.2, 0.25) is 5.91 Å². The molecule has 114 valence electrons. The molecule has 1 aromatic carbocycles. The fourth-order valence-electron chi connectivity index (χ4n) is 1.97. The highest BCUT2D eigenvalue weighted by atomic mass is 79.9. The van der Waals surface area contributed by atoms with E-state index in [-0.39, 0.29) is 18.5 Å². The monoisotopic (exact) mass is 352 g/mol. The zero-order valence-electron chi connectivity index (χ0n) is 12.6. The van der Waals surface area contributed by atoms with Crippen LogP contribution >= 0.6 is 15.9 Å². The van der Waals surface area contributed by atoms with Crippen LogP contribution in [-0.2, 0) is 4.79 Å². The molecule has 1 amide bonds. The Bertz CT molecular complexity index is 622. The SMILES string of the molecule is CC(C)CNC(=O)CNC(C)c1cc2cc(Br)ccc2o1. The van der Waals surface area contributed by atoms with Crippen LogP contribution in [0.5, 0.6) is 0 Å². The standard InChI is InChI=1S/C16H21BrN2O2/c1-10(2)8-19-16(20)9-18-11(3)15-7-12-6-13(17)4-5-14(12)21-15/h4-7,10-11,18H,8-9H2,1-3H3,(H,19,20). The van der Waals surface area contributed by atoms with Gasteiger partial charge in [-0.2, -0.15) is 0 Å². The van der Waals surface area contributed by atoms with Gasteiger partial charge >= 0.3 is 0 Å². The summed E-state index contributed by atoms with van der Waals surface area (Å²) in [5.41, 5.74) is 0.853. The van der Waals surface area contributed by atoms with Crippen molar-refractivity contribution in [1.29, 1.82) is 0 Å². The van der Waals surface area contributed by atoms with Crippen LogP contribution in [0.4, 0.5) is 0 Å². The lowest BCUT2D eigenvalue weighted by Crippen LogP contribution is -2.36. The Hall–Kier alpha value is -1.33. The average molecular weight is 353 g/mol. The summed E-state index contributed by atoms with van der Waals surface area (Å²) >= 11 is 3.45. The van der Waals surface area contributed by atoms with E-state index >= 15 is 0 Å². The fraction of sp³-hybridized carbons (Fsp3) is 0.438. The molecule has 2 rings (SSSR count). The molecule has 0 radical (unpaired) electrons. The number of fused-ring (bicyclic) bond motifs is 1. The quantitative estimate of drug-likeness (QED) is 0.834. The first-order chi connectivity index (χ1) is 9.95. The van der Waals surface area contributed by atoms with E-state index in [2.05, 4.69) is 40.4 Å². The van der Waals surface area contributed by atoms with Gasteiger partial charge in [0.05, 0.1) is 12.6 Å². The Morgan fingerprint density at radius 3 is 2.76 bits per heavy atom. The smallest absolute Gasteiger partial charge is 0.233 e. The Labute approximate surface area is 133 Å². The molecule has 1 atom stereocenters. The van der Waals surface area contributed by atoms with Crippen LogP contribution in [0.3, 0.4) is 0 Å². The zero-order valence-corrected chi connectivity index (χ0v) is 14.2. The van der Waals surface area contributed by atoms with E-state index in [1.54, 1.807) is 0 Å². The third-order valence-electron chi connectivity index (χ3n) is 3.20. The van der Waals surface area contributed by atoms with Crippen molar-refractivity contribution in [2.45, 2.75) is 26.8 Å². The predicted octanol–water partition coefficient (Wildman–Crippen LogP) is 3.62. The normalized spacial score (nSPS) is 12.8. The van der Waals surface area contributed by atoms with Gasteiger partial charge in [0.1, 0.15) is 11.3 Å². The van der Waals surface area contributed by atoms with Crippen molar-refractivity contribution in [2.24, 2.45) is 5.92 Å². The zero-order chi connectivity index (χ0) is 15.4. The van der Waals surface area contributed by atoms with Gasteiger partial charge in [-0.3, -0.25) is 10.1 Å². The number of benzene rings is 1. The van der Waals surface area contributed by atoms with Crippen LogP contribution < -0.4 is 10.6 Å². The second-order valence-corrected chi connectivity index (χ2v) is 6.55. The molecule has 5 heteroatoms. The Balaban J connectivity index is 1.92. The summed E-state index contributed by atoms with van der Waals surface area (Å²) in [6, 6.07) is 7.90. The largest absolute Gasteiger partial charge is 0.459 e. The van der Waals surface area contributed by atoms with Crippen molar-refractivity contribution in [3.05, 3.63) is 34.5 Å². The molecule has 2 N–H and O–H groups in total. The summed E-state index contributed by atoms with van der Waals surface area (Å²) in [5, 5.41) is 7.12. The van der Waals surface area contributed by atoms with Crippen LogP contribution in [0.25, 0.3) is 11.0 Å². The van der Waals surface area contributed by atoms with Crippen molar-refractivity contribution in [2.75, 3.05) is 13.1 Å². The summed E-state index contributed by atoms with van der Waals surface area (Å²) < 4.78 is 6.82. The molecule has 0 aliphatic rings. The number of furan rings is 1. The van der Waals surface area contributed by atoms with Crippen molar-refractivity contribution >= 4 is 32.8 Å². The van der Waals surface area contributed by atoms with Gasteiger partial charge in [0.15, 0.2) is 0 Å². The lowest BCUT2D eigenvalue weighted by molar-refractivity contribution is -0.120. The molecule has 0 aliphatic carbocycles. The Kier molecular flexibility index (Phi) is 5.42. The van der Waals surface area contributed by atoms with Crippen LogP contribution in [0.15, 0.2) is 33.2 Å². The molecular formula is C16H21BrN2O2. The minimum atomic E-state index is -0.0130. The van der Waals surface area contributed by atoms with Gasteiger partial charge in [-0.05, 0) is 37.1 Å². The van der Waals surface area contributed by atoms with E-state index in [0.717, 1.165) is 21.2 Å². The number of hydrogen-bond donors (Lipinski definition) is 2. The molecule has 0 fully saturated rings. The summed E-state index contributed by atoms with van der Waals surface area (Å²) in [6.07, 6.45) is 0. The third-order valence-corrected chi connectivity index (χ3v) is 3.69. The number of carbonyl (C=O) groups excluding carboxylic acids is 1. The first kappa shape index (κ1) is 16.0. The topological polar surface area (TPSA) is 54.3 Å². The van der Waals surface area contributed by atoms with E-state index in [9.17, 15) is 4.79 Å². The van der Waals surface area contributed by atoms with Crippen LogP contribution in [-0.4, -0.2) is 19.0 Å². The van der Waals surface area contributed by atoms with E-state index in [4.69, 9.17) is 4.42 Å². The maximum atomic E-state index is 11.7. The highest BCUT2D eigenvalue weighted by molar-refractivity contribution is 9.10. The molecule has 0 bridgehead atoms. The van der Waals surface area contributed by atoms with Crippen LogP contribution in [0.1, 0.15) is 32.6 Å². The van der Waals surface area contributed by atoms with Gasteiger partial charge in [0.25, 0.3) is 0 Å². The molecule has 0 spiro atoms. The van der Waals surface area contributed by atoms with E-state index in [1.807, 2.05) is 31.2 Å². The van der Waals surface area contributed by atoms with Crippen molar-refractivity contribution < 1.29 is 9.21 Å².